The van der Waals surface area contributed by atoms with Crippen LogP contribution in [0, 0.1) is 46.3 Å². The third-order valence-corrected chi connectivity index (χ3v) is 10.4. The van der Waals surface area contributed by atoms with Gasteiger partial charge in [0.2, 0.25) is 0 Å². The van der Waals surface area contributed by atoms with E-state index in [1.54, 1.807) is 6.92 Å². The number of rotatable bonds is 4. The first-order chi connectivity index (χ1) is 12.8. The Morgan fingerprint density at radius 1 is 1.00 bits per heavy atom. The third kappa shape index (κ3) is 3.22. The van der Waals surface area contributed by atoms with Crippen molar-refractivity contribution in [3.8, 4) is 0 Å². The van der Waals surface area contributed by atoms with E-state index < -0.39 is 0 Å². The average Bonchev–Trinajstić information content (AvgIpc) is 2.97. The van der Waals surface area contributed by atoms with Crippen LogP contribution in [0.4, 0.5) is 0 Å². The zero-order valence-electron chi connectivity index (χ0n) is 18.2. The first kappa shape index (κ1) is 19.9. The molecule has 0 aliphatic heterocycles. The highest BCUT2D eigenvalue weighted by Crippen LogP contribution is 2.68. The first-order valence-electron chi connectivity index (χ1n) is 11.9. The molecule has 4 saturated carbocycles. The van der Waals surface area contributed by atoms with Crippen LogP contribution >= 0.6 is 0 Å². The van der Waals surface area contributed by atoms with Crippen LogP contribution in [0.2, 0.25) is 0 Å². The number of carbonyl (C=O) groups excluding carboxylic acids is 1. The van der Waals surface area contributed by atoms with Crippen molar-refractivity contribution >= 4 is 5.78 Å². The van der Waals surface area contributed by atoms with Gasteiger partial charge >= 0.3 is 0 Å². The molecule has 4 fully saturated rings. The molecule has 0 aromatic rings. The molecule has 8 unspecified atom stereocenters. The van der Waals surface area contributed by atoms with Crippen LogP contribution in [0.25, 0.3) is 0 Å². The normalized spacial score (nSPS) is 50.4. The molecule has 0 saturated heterocycles. The van der Waals surface area contributed by atoms with Crippen molar-refractivity contribution in [3.63, 3.8) is 0 Å². The second-order valence-corrected chi connectivity index (χ2v) is 11.5. The van der Waals surface area contributed by atoms with Gasteiger partial charge in [0.05, 0.1) is 6.10 Å². The summed E-state index contributed by atoms with van der Waals surface area (Å²) < 4.78 is 0. The van der Waals surface area contributed by atoms with Crippen LogP contribution in [0.1, 0.15) is 98.3 Å². The molecular formula is C25H42O2. The number of hydrogen-bond donors (Lipinski definition) is 1. The Bertz CT molecular complexity index is 571. The van der Waals surface area contributed by atoms with E-state index in [-0.39, 0.29) is 6.10 Å². The molecule has 2 nitrogen and oxygen atoms in total. The zero-order chi connectivity index (χ0) is 19.4. The second-order valence-electron chi connectivity index (χ2n) is 11.5. The van der Waals surface area contributed by atoms with Gasteiger partial charge in [-0.3, -0.25) is 0 Å². The largest absolute Gasteiger partial charge is 0.393 e. The van der Waals surface area contributed by atoms with E-state index in [0.29, 0.717) is 22.5 Å². The Morgan fingerprint density at radius 2 is 1.70 bits per heavy atom. The predicted molar refractivity (Wildman–Crippen MR) is 110 cm³/mol. The standard InChI is InChI=1S/C25H42O2/c1-16(5-6-17(2)26)21-9-10-22-20-8-7-18-15-19(27)11-13-24(18,3)23(20)12-14-25(21,22)4/h16,18-23,27H,5-15H2,1-4H3/t16?,18?,19-,20?,21?,22?,23?,24?,25?/m1/s1. The molecule has 2 heteroatoms. The molecular weight excluding hydrogens is 332 g/mol. The van der Waals surface area contributed by atoms with Crippen molar-refractivity contribution in [2.24, 2.45) is 46.3 Å². The number of ketones is 1. The molecule has 4 aliphatic rings. The van der Waals surface area contributed by atoms with Gasteiger partial charge in [0.25, 0.3) is 0 Å². The van der Waals surface area contributed by atoms with Crippen molar-refractivity contribution in [3.05, 3.63) is 0 Å². The molecule has 0 aromatic carbocycles. The molecule has 0 spiro atoms. The highest BCUT2D eigenvalue weighted by atomic mass is 16.3. The van der Waals surface area contributed by atoms with Gasteiger partial charge in [-0.25, -0.2) is 0 Å². The SMILES string of the molecule is CC(=O)CCC(C)C1CCC2C3CCC4C[C@H](O)CCC4(C)C3CCC12C. The summed E-state index contributed by atoms with van der Waals surface area (Å²) >= 11 is 0. The van der Waals surface area contributed by atoms with E-state index >= 15 is 0 Å². The van der Waals surface area contributed by atoms with E-state index in [9.17, 15) is 9.90 Å². The number of carbonyl (C=O) groups is 1. The number of Topliss-reactive ketones (excluding diaryl/α,β-unsaturated/α-hetero) is 1. The van der Waals surface area contributed by atoms with Crippen molar-refractivity contribution in [1.29, 1.82) is 0 Å². The van der Waals surface area contributed by atoms with Crippen molar-refractivity contribution < 1.29 is 9.90 Å². The van der Waals surface area contributed by atoms with Crippen molar-refractivity contribution in [1.82, 2.24) is 0 Å². The lowest BCUT2D eigenvalue weighted by atomic mass is 9.44. The molecule has 0 heterocycles. The number of hydrogen-bond acceptors (Lipinski definition) is 2. The van der Waals surface area contributed by atoms with Crippen LogP contribution in [-0.2, 0) is 4.79 Å². The van der Waals surface area contributed by atoms with Gasteiger partial charge in [-0.1, -0.05) is 20.8 Å². The Kier molecular flexibility index (Phi) is 5.28. The Balaban J connectivity index is 1.51. The topological polar surface area (TPSA) is 37.3 Å². The highest BCUT2D eigenvalue weighted by molar-refractivity contribution is 5.75. The summed E-state index contributed by atoms with van der Waals surface area (Å²) in [5, 5.41) is 10.2. The summed E-state index contributed by atoms with van der Waals surface area (Å²) in [7, 11) is 0. The van der Waals surface area contributed by atoms with E-state index in [1.165, 1.54) is 44.9 Å². The molecule has 0 amide bonds. The lowest BCUT2D eigenvalue weighted by molar-refractivity contribution is -0.129. The third-order valence-electron chi connectivity index (χ3n) is 10.4. The second kappa shape index (κ2) is 7.15. The van der Waals surface area contributed by atoms with E-state index in [1.807, 2.05) is 0 Å². The Labute approximate surface area is 166 Å². The smallest absolute Gasteiger partial charge is 0.129 e. The Morgan fingerprint density at radius 3 is 2.44 bits per heavy atom. The molecule has 0 aromatic heterocycles. The first-order valence-corrected chi connectivity index (χ1v) is 11.9. The van der Waals surface area contributed by atoms with Crippen LogP contribution in [0.5, 0.6) is 0 Å². The lowest BCUT2D eigenvalue weighted by Gasteiger charge is -2.61. The molecule has 154 valence electrons. The van der Waals surface area contributed by atoms with E-state index in [2.05, 4.69) is 20.8 Å². The summed E-state index contributed by atoms with van der Waals surface area (Å²) in [5.74, 6) is 5.36. The van der Waals surface area contributed by atoms with Crippen LogP contribution in [-0.4, -0.2) is 17.0 Å². The zero-order valence-corrected chi connectivity index (χ0v) is 18.2. The quantitative estimate of drug-likeness (QED) is 0.654. The molecule has 0 radical (unpaired) electrons. The number of aliphatic hydroxyl groups is 1. The van der Waals surface area contributed by atoms with Crippen LogP contribution in [0.3, 0.4) is 0 Å². The minimum Gasteiger partial charge on any atom is -0.393 e. The van der Waals surface area contributed by atoms with Gasteiger partial charge in [0.15, 0.2) is 0 Å². The summed E-state index contributed by atoms with van der Waals surface area (Å²) in [6.45, 7) is 9.38. The Hall–Kier alpha value is -0.370. The van der Waals surface area contributed by atoms with Gasteiger partial charge in [-0.2, -0.15) is 0 Å². The molecule has 9 atom stereocenters. The summed E-state index contributed by atoms with van der Waals surface area (Å²) in [6, 6.07) is 0. The average molecular weight is 375 g/mol. The monoisotopic (exact) mass is 374 g/mol. The fraction of sp³-hybridized carbons (Fsp3) is 0.960. The maximum absolute atomic E-state index is 11.5. The fourth-order valence-corrected chi connectivity index (χ4v) is 8.84. The fourth-order valence-electron chi connectivity index (χ4n) is 8.84. The molecule has 1 N–H and O–H groups in total. The minimum absolute atomic E-state index is 0.0357. The number of fused-ring (bicyclic) bond motifs is 5. The van der Waals surface area contributed by atoms with Gasteiger partial charge < -0.3 is 9.90 Å². The summed E-state index contributed by atoms with van der Waals surface area (Å²) in [6.07, 6.45) is 13.6. The van der Waals surface area contributed by atoms with Crippen molar-refractivity contribution in [2.75, 3.05) is 0 Å². The predicted octanol–water partition coefficient (Wildman–Crippen LogP) is 6.01. The van der Waals surface area contributed by atoms with Crippen molar-refractivity contribution in [2.45, 2.75) is 104 Å². The van der Waals surface area contributed by atoms with E-state index in [0.717, 1.165) is 55.3 Å². The maximum atomic E-state index is 11.5. The molecule has 4 aliphatic carbocycles. The molecule has 27 heavy (non-hydrogen) atoms. The summed E-state index contributed by atoms with van der Waals surface area (Å²) in [4.78, 5) is 11.5. The van der Waals surface area contributed by atoms with Gasteiger partial charge in [0.1, 0.15) is 5.78 Å². The van der Waals surface area contributed by atoms with Crippen LogP contribution in [0.15, 0.2) is 0 Å². The van der Waals surface area contributed by atoms with E-state index in [4.69, 9.17) is 0 Å². The molecule has 0 bridgehead atoms. The lowest BCUT2D eigenvalue weighted by Crippen LogP contribution is -2.54. The van der Waals surface area contributed by atoms with Gasteiger partial charge in [-0.05, 0) is 117 Å². The van der Waals surface area contributed by atoms with Crippen LogP contribution < -0.4 is 0 Å². The minimum atomic E-state index is -0.0357. The maximum Gasteiger partial charge on any atom is 0.129 e. The van der Waals surface area contributed by atoms with Gasteiger partial charge in [0, 0.05) is 6.42 Å². The number of aliphatic hydroxyl groups excluding tert-OH is 1. The van der Waals surface area contributed by atoms with Gasteiger partial charge in [-0.15, -0.1) is 0 Å². The highest BCUT2D eigenvalue weighted by Gasteiger charge is 2.60. The molecule has 4 rings (SSSR count). The summed E-state index contributed by atoms with van der Waals surface area (Å²) in [5.41, 5.74) is 0.997.